The number of carbonyl (C=O) groups excluding carboxylic acids is 1. The first kappa shape index (κ1) is 15.9. The van der Waals surface area contributed by atoms with E-state index in [1.54, 1.807) is 25.1 Å². The van der Waals surface area contributed by atoms with Crippen molar-refractivity contribution in [2.24, 2.45) is 0 Å². The first-order chi connectivity index (χ1) is 11.5. The van der Waals surface area contributed by atoms with Gasteiger partial charge in [-0.05, 0) is 49.7 Å². The smallest absolute Gasteiger partial charge is 0.252 e. The number of hydrogen-bond donors (Lipinski definition) is 1. The first-order valence-electron chi connectivity index (χ1n) is 7.50. The molecule has 0 aliphatic heterocycles. The largest absolute Gasteiger partial charge is 0.341 e. The number of aryl methyl sites for hydroxylation is 1. The van der Waals surface area contributed by atoms with Crippen molar-refractivity contribution >= 4 is 5.91 Å². The minimum Gasteiger partial charge on any atom is -0.341 e. The van der Waals surface area contributed by atoms with Crippen molar-refractivity contribution in [1.29, 1.82) is 0 Å². The minimum absolute atomic E-state index is 0.206. The van der Waals surface area contributed by atoms with E-state index in [1.165, 1.54) is 12.1 Å². The maximum absolute atomic E-state index is 13.0. The summed E-state index contributed by atoms with van der Waals surface area (Å²) in [4.78, 5) is 16.6. The fourth-order valence-electron chi connectivity index (χ4n) is 2.29. The average molecular weight is 325 g/mol. The molecule has 1 atom stereocenters. The highest BCUT2D eigenvalue weighted by atomic mass is 19.1. The van der Waals surface area contributed by atoms with Crippen LogP contribution in [-0.2, 0) is 0 Å². The number of amides is 1. The summed E-state index contributed by atoms with van der Waals surface area (Å²) in [7, 11) is 0. The van der Waals surface area contributed by atoms with Crippen LogP contribution in [0.2, 0.25) is 0 Å². The lowest BCUT2D eigenvalue weighted by Gasteiger charge is -2.11. The fourth-order valence-corrected chi connectivity index (χ4v) is 2.29. The van der Waals surface area contributed by atoms with Crippen LogP contribution >= 0.6 is 0 Å². The molecule has 1 N–H and O–H groups in total. The van der Waals surface area contributed by atoms with Crippen molar-refractivity contribution in [3.8, 4) is 11.4 Å². The highest BCUT2D eigenvalue weighted by Crippen LogP contribution is 2.19. The normalized spacial score (nSPS) is 12.0. The molecule has 5 nitrogen and oxygen atoms in total. The zero-order chi connectivity index (χ0) is 17.1. The average Bonchev–Trinajstić information content (AvgIpc) is 3.06. The van der Waals surface area contributed by atoms with Gasteiger partial charge in [0, 0.05) is 11.1 Å². The number of benzene rings is 2. The lowest BCUT2D eigenvalue weighted by molar-refractivity contribution is 0.0932. The summed E-state index contributed by atoms with van der Waals surface area (Å²) in [6.45, 7) is 3.64. The Bertz CT molecular complexity index is 859. The van der Waals surface area contributed by atoms with Gasteiger partial charge >= 0.3 is 0 Å². The van der Waals surface area contributed by atoms with Crippen LogP contribution in [0.1, 0.15) is 34.8 Å². The summed E-state index contributed by atoms with van der Waals surface area (Å²) in [6.07, 6.45) is 0. The number of rotatable bonds is 4. The molecule has 0 fully saturated rings. The first-order valence-corrected chi connectivity index (χ1v) is 7.50. The molecule has 0 radical (unpaired) electrons. The van der Waals surface area contributed by atoms with Gasteiger partial charge in [0.05, 0.1) is 0 Å². The lowest BCUT2D eigenvalue weighted by atomic mass is 10.1. The van der Waals surface area contributed by atoms with Crippen LogP contribution in [0.15, 0.2) is 53.1 Å². The molecule has 6 heteroatoms. The van der Waals surface area contributed by atoms with E-state index in [1.807, 2.05) is 25.1 Å². The Labute approximate surface area is 138 Å². The van der Waals surface area contributed by atoms with Crippen LogP contribution < -0.4 is 5.32 Å². The molecule has 0 unspecified atom stereocenters. The van der Waals surface area contributed by atoms with Crippen LogP contribution in [0.5, 0.6) is 0 Å². The molecule has 0 bridgehead atoms. The number of nitrogens with one attached hydrogen (secondary N) is 1. The zero-order valence-electron chi connectivity index (χ0n) is 13.3. The van der Waals surface area contributed by atoms with Crippen LogP contribution in [0.4, 0.5) is 4.39 Å². The van der Waals surface area contributed by atoms with Gasteiger partial charge in [-0.2, -0.15) is 4.98 Å². The summed E-state index contributed by atoms with van der Waals surface area (Å²) in [5.41, 5.74) is 2.13. The van der Waals surface area contributed by atoms with Crippen molar-refractivity contribution in [1.82, 2.24) is 15.5 Å². The Morgan fingerprint density at radius 2 is 1.88 bits per heavy atom. The van der Waals surface area contributed by atoms with E-state index in [0.29, 0.717) is 17.0 Å². The van der Waals surface area contributed by atoms with Crippen molar-refractivity contribution < 1.29 is 13.7 Å². The molecule has 0 aliphatic carbocycles. The van der Waals surface area contributed by atoms with Gasteiger partial charge in [0.15, 0.2) is 0 Å². The molecule has 0 saturated carbocycles. The van der Waals surface area contributed by atoms with Crippen molar-refractivity contribution in [2.75, 3.05) is 0 Å². The Morgan fingerprint density at radius 3 is 2.58 bits per heavy atom. The van der Waals surface area contributed by atoms with Crippen molar-refractivity contribution in [3.05, 3.63) is 71.4 Å². The minimum atomic E-state index is -0.446. The molecule has 3 rings (SSSR count). The molecule has 1 amide bonds. The van der Waals surface area contributed by atoms with E-state index in [2.05, 4.69) is 15.5 Å². The molecule has 2 aromatic carbocycles. The van der Waals surface area contributed by atoms with Gasteiger partial charge in [0.1, 0.15) is 11.9 Å². The van der Waals surface area contributed by atoms with E-state index >= 15 is 0 Å². The molecule has 24 heavy (non-hydrogen) atoms. The molecular weight excluding hydrogens is 309 g/mol. The van der Waals surface area contributed by atoms with Gasteiger partial charge in [-0.3, -0.25) is 4.79 Å². The third kappa shape index (κ3) is 3.32. The predicted octanol–water partition coefficient (Wildman–Crippen LogP) is 3.68. The van der Waals surface area contributed by atoms with Crippen LogP contribution in [-0.4, -0.2) is 16.0 Å². The van der Waals surface area contributed by atoms with Crippen LogP contribution in [0.25, 0.3) is 11.4 Å². The summed E-state index contributed by atoms with van der Waals surface area (Å²) < 4.78 is 18.2. The maximum Gasteiger partial charge on any atom is 0.252 e. The Balaban J connectivity index is 1.74. The molecule has 0 aliphatic rings. The van der Waals surface area contributed by atoms with Crippen LogP contribution in [0, 0.1) is 12.7 Å². The van der Waals surface area contributed by atoms with E-state index in [0.717, 1.165) is 5.56 Å². The molecule has 1 heterocycles. The second kappa shape index (κ2) is 6.62. The van der Waals surface area contributed by atoms with Gasteiger partial charge < -0.3 is 9.84 Å². The SMILES string of the molecule is Cc1ccccc1C(=O)N[C@@H](C)c1nc(-c2ccc(F)cc2)no1. The second-order valence-electron chi connectivity index (χ2n) is 5.47. The third-order valence-corrected chi connectivity index (χ3v) is 3.65. The molecule has 3 aromatic rings. The Hall–Kier alpha value is -3.02. The number of hydrogen-bond acceptors (Lipinski definition) is 4. The second-order valence-corrected chi connectivity index (χ2v) is 5.47. The molecule has 1 aromatic heterocycles. The highest BCUT2D eigenvalue weighted by Gasteiger charge is 2.18. The Kier molecular flexibility index (Phi) is 4.37. The number of nitrogens with zero attached hydrogens (tertiary/aromatic N) is 2. The highest BCUT2D eigenvalue weighted by molar-refractivity contribution is 5.95. The summed E-state index contributed by atoms with van der Waals surface area (Å²) in [6, 6.07) is 12.7. The van der Waals surface area contributed by atoms with E-state index < -0.39 is 6.04 Å². The topological polar surface area (TPSA) is 68.0 Å². The van der Waals surface area contributed by atoms with Crippen LogP contribution in [0.3, 0.4) is 0 Å². The summed E-state index contributed by atoms with van der Waals surface area (Å²) in [5.74, 6) is 0.0988. The molecular formula is C18H16FN3O2. The summed E-state index contributed by atoms with van der Waals surface area (Å²) >= 11 is 0. The van der Waals surface area contributed by atoms with E-state index in [-0.39, 0.29) is 17.6 Å². The number of aromatic nitrogens is 2. The van der Waals surface area contributed by atoms with E-state index in [9.17, 15) is 9.18 Å². The standard InChI is InChI=1S/C18H16FN3O2/c1-11-5-3-4-6-15(11)17(23)20-12(2)18-21-16(22-24-18)13-7-9-14(19)10-8-13/h3-10,12H,1-2H3,(H,20,23)/t12-/m0/s1. The number of carbonyl (C=O) groups is 1. The van der Waals surface area contributed by atoms with Crippen molar-refractivity contribution in [2.45, 2.75) is 19.9 Å². The third-order valence-electron chi connectivity index (χ3n) is 3.65. The Morgan fingerprint density at radius 1 is 1.17 bits per heavy atom. The summed E-state index contributed by atoms with van der Waals surface area (Å²) in [5, 5.41) is 6.71. The molecule has 0 spiro atoms. The molecule has 122 valence electrons. The zero-order valence-corrected chi connectivity index (χ0v) is 13.3. The van der Waals surface area contributed by atoms with Gasteiger partial charge in [0.25, 0.3) is 5.91 Å². The monoisotopic (exact) mass is 325 g/mol. The fraction of sp³-hybridized carbons (Fsp3) is 0.167. The van der Waals surface area contributed by atoms with Crippen molar-refractivity contribution in [3.63, 3.8) is 0 Å². The van der Waals surface area contributed by atoms with Gasteiger partial charge in [-0.15, -0.1) is 0 Å². The predicted molar refractivity (Wildman–Crippen MR) is 86.8 cm³/mol. The van der Waals surface area contributed by atoms with E-state index in [4.69, 9.17) is 4.52 Å². The lowest BCUT2D eigenvalue weighted by Crippen LogP contribution is -2.27. The quantitative estimate of drug-likeness (QED) is 0.794. The van der Waals surface area contributed by atoms with Gasteiger partial charge in [0.2, 0.25) is 11.7 Å². The molecule has 0 saturated heterocycles. The number of halogens is 1. The maximum atomic E-state index is 13.0. The van der Waals surface area contributed by atoms with Gasteiger partial charge in [-0.25, -0.2) is 4.39 Å². The van der Waals surface area contributed by atoms with Gasteiger partial charge in [-0.1, -0.05) is 23.4 Å².